The van der Waals surface area contributed by atoms with Gasteiger partial charge in [-0.1, -0.05) is 41.9 Å². The van der Waals surface area contributed by atoms with E-state index in [9.17, 15) is 4.79 Å². The Morgan fingerprint density at radius 3 is 2.75 bits per heavy atom. The van der Waals surface area contributed by atoms with Crippen LogP contribution in [0.2, 0.25) is 5.15 Å². The summed E-state index contributed by atoms with van der Waals surface area (Å²) in [5.74, 6) is -0.319. The number of hydrogen-bond acceptors (Lipinski definition) is 3. The third-order valence-corrected chi connectivity index (χ3v) is 3.25. The minimum Gasteiger partial charge on any atom is -0.395 e. The van der Waals surface area contributed by atoms with Gasteiger partial charge in [0.15, 0.2) is 0 Å². The molecule has 2 N–H and O–H groups in total. The topological polar surface area (TPSA) is 67.2 Å². The molecular formula is C14H16ClN3O2. The number of amides is 1. The average Bonchev–Trinajstić information content (AvgIpc) is 2.72. The van der Waals surface area contributed by atoms with Gasteiger partial charge in [0, 0.05) is 6.54 Å². The molecule has 0 aliphatic carbocycles. The van der Waals surface area contributed by atoms with Crippen molar-refractivity contribution in [3.8, 4) is 0 Å². The Kier molecular flexibility index (Phi) is 4.76. The Hall–Kier alpha value is -1.85. The van der Waals surface area contributed by atoms with Gasteiger partial charge in [0.1, 0.15) is 5.15 Å². The SMILES string of the molecule is Cc1nn(Cc2ccccc2)c(Cl)c1C(=O)NCCO. The van der Waals surface area contributed by atoms with Gasteiger partial charge >= 0.3 is 0 Å². The molecule has 106 valence electrons. The number of carbonyl (C=O) groups is 1. The number of aryl methyl sites for hydroxylation is 1. The first kappa shape index (κ1) is 14.6. The Morgan fingerprint density at radius 2 is 2.10 bits per heavy atom. The monoisotopic (exact) mass is 293 g/mol. The van der Waals surface area contributed by atoms with Gasteiger partial charge in [-0.05, 0) is 12.5 Å². The number of aliphatic hydroxyl groups is 1. The van der Waals surface area contributed by atoms with Crippen molar-refractivity contribution < 1.29 is 9.90 Å². The van der Waals surface area contributed by atoms with Gasteiger partial charge in [0.25, 0.3) is 5.91 Å². The normalized spacial score (nSPS) is 10.6. The molecule has 0 fully saturated rings. The highest BCUT2D eigenvalue weighted by molar-refractivity contribution is 6.33. The van der Waals surface area contributed by atoms with Gasteiger partial charge < -0.3 is 10.4 Å². The molecule has 0 radical (unpaired) electrons. The summed E-state index contributed by atoms with van der Waals surface area (Å²) in [5, 5.41) is 15.9. The predicted octanol–water partition coefficient (Wildman–Crippen LogP) is 1.62. The van der Waals surface area contributed by atoms with Crippen molar-refractivity contribution in [2.45, 2.75) is 13.5 Å². The molecule has 0 unspecified atom stereocenters. The number of nitrogens with one attached hydrogen (secondary N) is 1. The molecule has 0 spiro atoms. The molecule has 0 bridgehead atoms. The van der Waals surface area contributed by atoms with Crippen molar-refractivity contribution in [2.75, 3.05) is 13.2 Å². The first-order valence-electron chi connectivity index (χ1n) is 6.29. The Bertz CT molecular complexity index is 596. The number of benzene rings is 1. The Balaban J connectivity index is 2.22. The van der Waals surface area contributed by atoms with Gasteiger partial charge in [-0.25, -0.2) is 4.68 Å². The number of halogens is 1. The third-order valence-electron chi connectivity index (χ3n) is 2.87. The van der Waals surface area contributed by atoms with Crippen molar-refractivity contribution in [2.24, 2.45) is 0 Å². The van der Waals surface area contributed by atoms with Gasteiger partial charge in [-0.15, -0.1) is 0 Å². The number of carbonyl (C=O) groups excluding carboxylic acids is 1. The van der Waals surface area contributed by atoms with E-state index in [0.29, 0.717) is 23.0 Å². The number of hydrogen-bond donors (Lipinski definition) is 2. The maximum atomic E-state index is 12.0. The quantitative estimate of drug-likeness (QED) is 0.880. The van der Waals surface area contributed by atoms with Crippen LogP contribution in [0, 0.1) is 6.92 Å². The molecule has 6 heteroatoms. The van der Waals surface area contributed by atoms with Crippen molar-refractivity contribution in [3.63, 3.8) is 0 Å². The smallest absolute Gasteiger partial charge is 0.256 e. The van der Waals surface area contributed by atoms with E-state index in [-0.39, 0.29) is 19.1 Å². The maximum Gasteiger partial charge on any atom is 0.256 e. The highest BCUT2D eigenvalue weighted by atomic mass is 35.5. The second-order valence-electron chi connectivity index (χ2n) is 4.37. The first-order chi connectivity index (χ1) is 9.63. The molecule has 20 heavy (non-hydrogen) atoms. The molecule has 1 aromatic heterocycles. The first-order valence-corrected chi connectivity index (χ1v) is 6.67. The molecular weight excluding hydrogens is 278 g/mol. The van der Waals surface area contributed by atoms with Crippen LogP contribution in [0.4, 0.5) is 0 Å². The van der Waals surface area contributed by atoms with Crippen molar-refractivity contribution >= 4 is 17.5 Å². The predicted molar refractivity (Wildman–Crippen MR) is 76.9 cm³/mol. The molecule has 5 nitrogen and oxygen atoms in total. The molecule has 0 aliphatic rings. The second kappa shape index (κ2) is 6.54. The molecule has 0 aliphatic heterocycles. The summed E-state index contributed by atoms with van der Waals surface area (Å²) in [5.41, 5.74) is 1.98. The number of aliphatic hydroxyl groups excluding tert-OH is 1. The summed E-state index contributed by atoms with van der Waals surface area (Å²) >= 11 is 6.23. The highest BCUT2D eigenvalue weighted by Gasteiger charge is 2.19. The summed E-state index contributed by atoms with van der Waals surface area (Å²) < 4.78 is 1.60. The van der Waals surface area contributed by atoms with E-state index in [4.69, 9.17) is 16.7 Å². The van der Waals surface area contributed by atoms with E-state index in [0.717, 1.165) is 5.56 Å². The highest BCUT2D eigenvalue weighted by Crippen LogP contribution is 2.20. The van der Waals surface area contributed by atoms with Crippen molar-refractivity contribution in [3.05, 3.63) is 52.3 Å². The lowest BCUT2D eigenvalue weighted by Crippen LogP contribution is -2.26. The fraction of sp³-hybridized carbons (Fsp3) is 0.286. The van der Waals surface area contributed by atoms with E-state index in [1.165, 1.54) is 0 Å². The Morgan fingerprint density at radius 1 is 1.40 bits per heavy atom. The minimum absolute atomic E-state index is 0.111. The number of rotatable bonds is 5. The molecule has 0 saturated heterocycles. The molecule has 0 saturated carbocycles. The third kappa shape index (κ3) is 3.18. The molecule has 1 amide bonds. The zero-order valence-corrected chi connectivity index (χ0v) is 11.9. The van der Waals surface area contributed by atoms with E-state index >= 15 is 0 Å². The molecule has 1 heterocycles. The van der Waals surface area contributed by atoms with Crippen LogP contribution in [0.15, 0.2) is 30.3 Å². The summed E-state index contributed by atoms with van der Waals surface area (Å²) in [6, 6.07) is 9.76. The summed E-state index contributed by atoms with van der Waals surface area (Å²) in [6.07, 6.45) is 0. The molecule has 1 aromatic carbocycles. The van der Waals surface area contributed by atoms with E-state index < -0.39 is 0 Å². The average molecular weight is 294 g/mol. The molecule has 2 aromatic rings. The summed E-state index contributed by atoms with van der Waals surface area (Å²) in [4.78, 5) is 12.0. The van der Waals surface area contributed by atoms with Crippen molar-refractivity contribution in [1.29, 1.82) is 0 Å². The minimum atomic E-state index is -0.319. The second-order valence-corrected chi connectivity index (χ2v) is 4.73. The zero-order valence-electron chi connectivity index (χ0n) is 11.1. The summed E-state index contributed by atoms with van der Waals surface area (Å²) in [7, 11) is 0. The lowest BCUT2D eigenvalue weighted by atomic mass is 10.2. The lowest BCUT2D eigenvalue weighted by Gasteiger charge is -2.04. The lowest BCUT2D eigenvalue weighted by molar-refractivity contribution is 0.0944. The van der Waals surface area contributed by atoms with Crippen LogP contribution < -0.4 is 5.32 Å². The zero-order chi connectivity index (χ0) is 14.5. The number of nitrogens with zero attached hydrogens (tertiary/aromatic N) is 2. The summed E-state index contributed by atoms with van der Waals surface area (Å²) in [6.45, 7) is 2.33. The van der Waals surface area contributed by atoms with E-state index in [1.807, 2.05) is 30.3 Å². The molecule has 2 rings (SSSR count). The number of aromatic nitrogens is 2. The van der Waals surface area contributed by atoms with Crippen LogP contribution in [-0.2, 0) is 6.54 Å². The fourth-order valence-corrected chi connectivity index (χ4v) is 2.25. The van der Waals surface area contributed by atoms with Crippen LogP contribution in [0.5, 0.6) is 0 Å². The van der Waals surface area contributed by atoms with Gasteiger partial charge in [-0.3, -0.25) is 4.79 Å². The van der Waals surface area contributed by atoms with E-state index in [1.54, 1.807) is 11.6 Å². The fourth-order valence-electron chi connectivity index (χ4n) is 1.93. The van der Waals surface area contributed by atoms with Crippen LogP contribution in [-0.4, -0.2) is 33.9 Å². The van der Waals surface area contributed by atoms with Gasteiger partial charge in [-0.2, -0.15) is 5.10 Å². The van der Waals surface area contributed by atoms with Crippen LogP contribution in [0.25, 0.3) is 0 Å². The standard InChI is InChI=1S/C14H16ClN3O2/c1-10-12(14(20)16-7-8-19)13(15)18(17-10)9-11-5-3-2-4-6-11/h2-6,19H,7-9H2,1H3,(H,16,20). The van der Waals surface area contributed by atoms with E-state index in [2.05, 4.69) is 10.4 Å². The Labute approximate surface area is 122 Å². The van der Waals surface area contributed by atoms with Crippen LogP contribution in [0.1, 0.15) is 21.6 Å². The maximum absolute atomic E-state index is 12.0. The molecule has 0 atom stereocenters. The van der Waals surface area contributed by atoms with Gasteiger partial charge in [0.05, 0.1) is 24.4 Å². The largest absolute Gasteiger partial charge is 0.395 e. The van der Waals surface area contributed by atoms with Gasteiger partial charge in [0.2, 0.25) is 0 Å². The van der Waals surface area contributed by atoms with Crippen LogP contribution in [0.3, 0.4) is 0 Å². The van der Waals surface area contributed by atoms with Crippen LogP contribution >= 0.6 is 11.6 Å². The van der Waals surface area contributed by atoms with Crippen molar-refractivity contribution in [1.82, 2.24) is 15.1 Å².